The number of carbonyl (C=O) groups excluding carboxylic acids is 2. The fraction of sp³-hybridized carbons (Fsp3) is 0.938. The summed E-state index contributed by atoms with van der Waals surface area (Å²) in [6, 6.07) is 1.06. The van der Waals surface area contributed by atoms with Crippen LogP contribution in [0.1, 0.15) is 77.6 Å². The Morgan fingerprint density at radius 1 is 0.884 bits per heavy atom. The van der Waals surface area contributed by atoms with Crippen LogP contribution in [-0.4, -0.2) is 116 Å². The molecule has 3 rings (SSSR count). The van der Waals surface area contributed by atoms with E-state index in [0.29, 0.717) is 70.2 Å². The van der Waals surface area contributed by atoms with Crippen molar-refractivity contribution in [3.63, 3.8) is 0 Å². The van der Waals surface area contributed by atoms with Gasteiger partial charge in [-0.25, -0.2) is 0 Å². The molecule has 4 unspecified atom stereocenters. The molecule has 3 aliphatic rings. The Balaban J connectivity index is 1.17. The minimum absolute atomic E-state index is 0.0101. The lowest BCUT2D eigenvalue weighted by atomic mass is 9.83. The SMILES string of the molecule is CNCCOCCOCCOCCC(=O)NC1CCC(C(=O)NCCCC2(C)CCC(NC3CCOCC3OC)C2)CC1. The number of likely N-dealkylation sites (N-methyl/N-ethyl adjacent to an activating group) is 1. The van der Waals surface area contributed by atoms with Gasteiger partial charge < -0.3 is 45.0 Å². The maximum Gasteiger partial charge on any atom is 0.223 e. The van der Waals surface area contributed by atoms with Crippen molar-refractivity contribution in [1.82, 2.24) is 21.3 Å². The van der Waals surface area contributed by atoms with Gasteiger partial charge in [0.15, 0.2) is 0 Å². The summed E-state index contributed by atoms with van der Waals surface area (Å²) in [7, 11) is 3.66. The van der Waals surface area contributed by atoms with Gasteiger partial charge in [0.1, 0.15) is 0 Å². The third-order valence-corrected chi connectivity index (χ3v) is 9.33. The van der Waals surface area contributed by atoms with Crippen LogP contribution in [-0.2, 0) is 33.3 Å². The number of nitrogens with one attached hydrogen (secondary N) is 4. The van der Waals surface area contributed by atoms with Crippen LogP contribution in [0.5, 0.6) is 0 Å². The number of hydrogen-bond donors (Lipinski definition) is 4. The first kappa shape index (κ1) is 36.1. The Bertz CT molecular complexity index is 783. The number of methoxy groups -OCH3 is 1. The fourth-order valence-corrected chi connectivity index (χ4v) is 6.68. The molecule has 250 valence electrons. The van der Waals surface area contributed by atoms with E-state index in [2.05, 4.69) is 28.2 Å². The molecule has 2 amide bonds. The summed E-state index contributed by atoms with van der Waals surface area (Å²) in [5.41, 5.74) is 0.326. The minimum Gasteiger partial charge on any atom is -0.379 e. The molecule has 0 radical (unpaired) electrons. The highest BCUT2D eigenvalue weighted by molar-refractivity contribution is 5.79. The van der Waals surface area contributed by atoms with E-state index in [1.165, 1.54) is 19.3 Å². The van der Waals surface area contributed by atoms with Crippen LogP contribution in [0.3, 0.4) is 0 Å². The first-order chi connectivity index (χ1) is 20.9. The molecule has 2 aliphatic carbocycles. The molecule has 1 heterocycles. The van der Waals surface area contributed by atoms with Gasteiger partial charge >= 0.3 is 0 Å². The number of carbonyl (C=O) groups is 2. The van der Waals surface area contributed by atoms with Gasteiger partial charge in [0.25, 0.3) is 0 Å². The van der Waals surface area contributed by atoms with Gasteiger partial charge in [0.2, 0.25) is 11.8 Å². The number of rotatable bonds is 21. The number of hydrogen-bond acceptors (Lipinski definition) is 9. The van der Waals surface area contributed by atoms with Crippen LogP contribution in [0.15, 0.2) is 0 Å². The molecule has 4 N–H and O–H groups in total. The molecule has 3 fully saturated rings. The summed E-state index contributed by atoms with van der Waals surface area (Å²) < 4.78 is 27.5. The molecule has 43 heavy (non-hydrogen) atoms. The molecule has 0 aromatic carbocycles. The minimum atomic E-state index is 0.0101. The summed E-state index contributed by atoms with van der Waals surface area (Å²) in [5.74, 6) is 0.232. The molecule has 0 bridgehead atoms. The molecule has 0 spiro atoms. The van der Waals surface area contributed by atoms with Crippen molar-refractivity contribution in [1.29, 1.82) is 0 Å². The monoisotopic (exact) mass is 612 g/mol. The van der Waals surface area contributed by atoms with Gasteiger partial charge in [0, 0.05) is 57.3 Å². The Morgan fingerprint density at radius 3 is 2.33 bits per heavy atom. The molecule has 0 aromatic heterocycles. The maximum absolute atomic E-state index is 12.8. The molecule has 11 heteroatoms. The molecule has 1 saturated heterocycles. The lowest BCUT2D eigenvalue weighted by Gasteiger charge is -2.34. The van der Waals surface area contributed by atoms with Crippen LogP contribution >= 0.6 is 0 Å². The summed E-state index contributed by atoms with van der Waals surface area (Å²) in [4.78, 5) is 25.1. The van der Waals surface area contributed by atoms with Gasteiger partial charge in [-0.2, -0.15) is 0 Å². The van der Waals surface area contributed by atoms with Gasteiger partial charge in [-0.3, -0.25) is 9.59 Å². The van der Waals surface area contributed by atoms with Gasteiger partial charge in [-0.15, -0.1) is 0 Å². The van der Waals surface area contributed by atoms with E-state index in [4.69, 9.17) is 23.7 Å². The van der Waals surface area contributed by atoms with Gasteiger partial charge in [0.05, 0.1) is 52.4 Å². The van der Waals surface area contributed by atoms with Crippen molar-refractivity contribution in [3.8, 4) is 0 Å². The summed E-state index contributed by atoms with van der Waals surface area (Å²) in [6.07, 6.45) is 10.6. The molecular formula is C32H60N4O7. The predicted octanol–water partition coefficient (Wildman–Crippen LogP) is 2.17. The summed E-state index contributed by atoms with van der Waals surface area (Å²) >= 11 is 0. The first-order valence-electron chi connectivity index (χ1n) is 16.7. The van der Waals surface area contributed by atoms with Crippen LogP contribution in [0.4, 0.5) is 0 Å². The quantitative estimate of drug-likeness (QED) is 0.144. The summed E-state index contributed by atoms with van der Waals surface area (Å²) in [6.45, 7) is 8.57. The number of amides is 2. The van der Waals surface area contributed by atoms with E-state index in [9.17, 15) is 9.59 Å². The molecule has 0 aromatic rings. The van der Waals surface area contributed by atoms with E-state index in [1.54, 1.807) is 7.11 Å². The lowest BCUT2D eigenvalue weighted by Crippen LogP contribution is -2.50. The van der Waals surface area contributed by atoms with E-state index in [-0.39, 0.29) is 29.9 Å². The second-order valence-electron chi connectivity index (χ2n) is 12.9. The van der Waals surface area contributed by atoms with E-state index in [0.717, 1.165) is 64.6 Å². The highest BCUT2D eigenvalue weighted by atomic mass is 16.5. The zero-order chi connectivity index (χ0) is 30.8. The van der Waals surface area contributed by atoms with Crippen molar-refractivity contribution in [3.05, 3.63) is 0 Å². The topological polar surface area (TPSA) is 128 Å². The predicted molar refractivity (Wildman–Crippen MR) is 166 cm³/mol. The highest BCUT2D eigenvalue weighted by Crippen LogP contribution is 2.42. The van der Waals surface area contributed by atoms with Crippen molar-refractivity contribution >= 4 is 11.8 Å². The summed E-state index contributed by atoms with van der Waals surface area (Å²) in [5, 5.41) is 13.2. The third-order valence-electron chi connectivity index (χ3n) is 9.33. The van der Waals surface area contributed by atoms with Crippen molar-refractivity contribution in [2.24, 2.45) is 11.3 Å². The Labute approximate surface area is 259 Å². The normalized spacial score (nSPS) is 29.4. The smallest absolute Gasteiger partial charge is 0.223 e. The molecule has 2 saturated carbocycles. The average molecular weight is 613 g/mol. The second kappa shape index (κ2) is 20.6. The molecule has 11 nitrogen and oxygen atoms in total. The van der Waals surface area contributed by atoms with Crippen LogP contribution in [0.2, 0.25) is 0 Å². The van der Waals surface area contributed by atoms with E-state index < -0.39 is 0 Å². The molecule has 4 atom stereocenters. The Morgan fingerprint density at radius 2 is 1.60 bits per heavy atom. The van der Waals surface area contributed by atoms with Crippen molar-refractivity contribution < 1.29 is 33.3 Å². The van der Waals surface area contributed by atoms with Crippen molar-refractivity contribution in [2.75, 3.05) is 80.1 Å². The fourth-order valence-electron chi connectivity index (χ4n) is 6.68. The Hall–Kier alpha value is -1.34. The third kappa shape index (κ3) is 14.1. The average Bonchev–Trinajstić information content (AvgIpc) is 3.38. The van der Waals surface area contributed by atoms with Crippen LogP contribution in [0, 0.1) is 11.3 Å². The molecular weight excluding hydrogens is 552 g/mol. The zero-order valence-corrected chi connectivity index (χ0v) is 27.1. The number of ether oxygens (including phenoxy) is 5. The van der Waals surface area contributed by atoms with Crippen LogP contribution < -0.4 is 21.3 Å². The Kier molecular flexibility index (Phi) is 17.3. The maximum atomic E-state index is 12.8. The molecule has 1 aliphatic heterocycles. The van der Waals surface area contributed by atoms with Gasteiger partial charge in [-0.05, 0) is 76.7 Å². The van der Waals surface area contributed by atoms with Gasteiger partial charge in [-0.1, -0.05) is 6.92 Å². The standard InChI is InChI=1S/C32H60N4O7/c1-32(13-9-27(23-32)35-28-10-16-43-24-29(28)39-3)12-4-14-34-31(38)25-5-7-26(8-6-25)36-30(37)11-17-40-19-21-42-22-20-41-18-15-33-2/h25-29,33,35H,4-24H2,1-3H3,(H,34,38)(H,36,37). The van der Waals surface area contributed by atoms with Crippen LogP contribution in [0.25, 0.3) is 0 Å². The van der Waals surface area contributed by atoms with E-state index in [1.807, 2.05) is 7.05 Å². The zero-order valence-electron chi connectivity index (χ0n) is 27.1. The first-order valence-corrected chi connectivity index (χ1v) is 16.7. The van der Waals surface area contributed by atoms with E-state index >= 15 is 0 Å². The van der Waals surface area contributed by atoms with Crippen molar-refractivity contribution in [2.45, 2.75) is 102 Å². The highest BCUT2D eigenvalue weighted by Gasteiger charge is 2.37. The second-order valence-corrected chi connectivity index (χ2v) is 12.9. The largest absolute Gasteiger partial charge is 0.379 e. The lowest BCUT2D eigenvalue weighted by molar-refractivity contribution is -0.126.